The second kappa shape index (κ2) is 9.10. The maximum atomic E-state index is 11.9. The number of amides is 1. The van der Waals surface area contributed by atoms with Crippen LogP contribution >= 0.6 is 0 Å². The van der Waals surface area contributed by atoms with E-state index in [2.05, 4.69) is 27.6 Å². The summed E-state index contributed by atoms with van der Waals surface area (Å²) < 4.78 is 10.6. The highest BCUT2D eigenvalue weighted by Crippen LogP contribution is 2.26. The normalized spacial score (nSPS) is 11.0. The minimum absolute atomic E-state index is 0.0218. The van der Waals surface area contributed by atoms with Crippen LogP contribution in [0.4, 0.5) is 0 Å². The van der Waals surface area contributed by atoms with Crippen molar-refractivity contribution < 1.29 is 14.1 Å². The van der Waals surface area contributed by atoms with Gasteiger partial charge in [-0.3, -0.25) is 4.79 Å². The summed E-state index contributed by atoms with van der Waals surface area (Å²) in [6, 6.07) is 14.1. The average molecular weight is 353 g/mol. The number of carbonyl (C=O) groups excluding carboxylic acids is 1. The maximum Gasteiger partial charge on any atom is 0.227 e. The van der Waals surface area contributed by atoms with Gasteiger partial charge in [0.05, 0.1) is 0 Å². The van der Waals surface area contributed by atoms with Crippen LogP contribution in [-0.2, 0) is 16.0 Å². The summed E-state index contributed by atoms with van der Waals surface area (Å²) in [5.41, 5.74) is 0.929. The van der Waals surface area contributed by atoms with Crippen LogP contribution in [0.2, 0.25) is 0 Å². The van der Waals surface area contributed by atoms with Crippen LogP contribution < -0.4 is 5.32 Å². The number of nitrogens with zero attached hydrogens (tertiary/aromatic N) is 2. The van der Waals surface area contributed by atoms with E-state index in [4.69, 9.17) is 9.26 Å². The van der Waals surface area contributed by atoms with Crippen molar-refractivity contribution in [3.05, 3.63) is 48.4 Å². The summed E-state index contributed by atoms with van der Waals surface area (Å²) in [7, 11) is 0. The summed E-state index contributed by atoms with van der Waals surface area (Å²) in [4.78, 5) is 16.3. The summed E-state index contributed by atoms with van der Waals surface area (Å²) in [5, 5.41) is 9.15. The summed E-state index contributed by atoms with van der Waals surface area (Å²) in [5.74, 6) is 0.998. The Labute approximate surface area is 152 Å². The van der Waals surface area contributed by atoms with Crippen LogP contribution in [0.3, 0.4) is 0 Å². The molecule has 3 aromatic rings. The number of carbonyl (C=O) groups is 1. The van der Waals surface area contributed by atoms with Crippen molar-refractivity contribution in [2.24, 2.45) is 0 Å². The van der Waals surface area contributed by atoms with Crippen LogP contribution in [0.1, 0.15) is 25.7 Å². The topological polar surface area (TPSA) is 77.2 Å². The molecule has 0 aliphatic carbocycles. The second-order valence-electron chi connectivity index (χ2n) is 5.94. The van der Waals surface area contributed by atoms with Gasteiger partial charge in [0.15, 0.2) is 0 Å². The number of ether oxygens (including phenoxy) is 1. The van der Waals surface area contributed by atoms with E-state index < -0.39 is 0 Å². The number of aromatic nitrogens is 2. The Morgan fingerprint density at radius 3 is 2.92 bits per heavy atom. The Balaban J connectivity index is 1.56. The first-order valence-electron chi connectivity index (χ1n) is 8.93. The SMILES string of the molecule is CCOCCCNC(=O)CCc1nc(-c2cccc3ccccc23)no1. The first-order valence-corrected chi connectivity index (χ1v) is 8.93. The molecule has 2 aromatic carbocycles. The third-order valence-corrected chi connectivity index (χ3v) is 4.06. The molecule has 6 heteroatoms. The fourth-order valence-electron chi connectivity index (χ4n) is 2.74. The molecular weight excluding hydrogens is 330 g/mol. The van der Waals surface area contributed by atoms with Gasteiger partial charge in [-0.2, -0.15) is 4.98 Å². The Bertz CT molecular complexity index is 855. The number of fused-ring (bicyclic) bond motifs is 1. The van der Waals surface area contributed by atoms with E-state index in [1.54, 1.807) is 0 Å². The van der Waals surface area contributed by atoms with Crippen LogP contribution in [0, 0.1) is 0 Å². The van der Waals surface area contributed by atoms with Crippen LogP contribution in [0.25, 0.3) is 22.2 Å². The van der Waals surface area contributed by atoms with Gasteiger partial charge in [-0.15, -0.1) is 0 Å². The van der Waals surface area contributed by atoms with E-state index in [-0.39, 0.29) is 5.91 Å². The van der Waals surface area contributed by atoms with Gasteiger partial charge < -0.3 is 14.6 Å². The summed E-state index contributed by atoms with van der Waals surface area (Å²) >= 11 is 0. The average Bonchev–Trinajstić information content (AvgIpc) is 3.14. The summed E-state index contributed by atoms with van der Waals surface area (Å²) in [6.45, 7) is 3.93. The molecule has 0 spiro atoms. The molecule has 1 heterocycles. The molecule has 6 nitrogen and oxygen atoms in total. The lowest BCUT2D eigenvalue weighted by Gasteiger charge is -2.04. The third kappa shape index (κ3) is 4.67. The number of benzene rings is 2. The Morgan fingerprint density at radius 2 is 2.04 bits per heavy atom. The van der Waals surface area contributed by atoms with Gasteiger partial charge in [0.2, 0.25) is 17.6 Å². The predicted octanol–water partition coefficient (Wildman–Crippen LogP) is 3.37. The molecule has 0 fully saturated rings. The summed E-state index contributed by atoms with van der Waals surface area (Å²) in [6.07, 6.45) is 1.56. The van der Waals surface area contributed by atoms with E-state index in [0.29, 0.717) is 44.3 Å². The zero-order valence-electron chi connectivity index (χ0n) is 14.9. The molecule has 0 aliphatic rings. The quantitative estimate of drug-likeness (QED) is 0.597. The Kier molecular flexibility index (Phi) is 6.33. The number of aryl methyl sites for hydroxylation is 1. The van der Waals surface area contributed by atoms with Crippen molar-refractivity contribution in [1.29, 1.82) is 0 Å². The first-order chi connectivity index (χ1) is 12.8. The Hall–Kier alpha value is -2.73. The second-order valence-corrected chi connectivity index (χ2v) is 5.94. The van der Waals surface area contributed by atoms with E-state index in [1.165, 1.54) is 0 Å². The van der Waals surface area contributed by atoms with Crippen molar-refractivity contribution in [3.8, 4) is 11.4 Å². The number of hydrogen-bond donors (Lipinski definition) is 1. The lowest BCUT2D eigenvalue weighted by atomic mass is 10.0. The molecule has 1 N–H and O–H groups in total. The lowest BCUT2D eigenvalue weighted by molar-refractivity contribution is -0.121. The van der Waals surface area contributed by atoms with Crippen molar-refractivity contribution in [3.63, 3.8) is 0 Å². The van der Waals surface area contributed by atoms with Gasteiger partial charge in [0, 0.05) is 38.2 Å². The lowest BCUT2D eigenvalue weighted by Crippen LogP contribution is -2.25. The predicted molar refractivity (Wildman–Crippen MR) is 99.7 cm³/mol. The van der Waals surface area contributed by atoms with E-state index in [9.17, 15) is 4.79 Å². The van der Waals surface area contributed by atoms with Gasteiger partial charge in [0.25, 0.3) is 0 Å². The molecule has 26 heavy (non-hydrogen) atoms. The monoisotopic (exact) mass is 353 g/mol. The highest BCUT2D eigenvalue weighted by atomic mass is 16.5. The van der Waals surface area contributed by atoms with Gasteiger partial charge in [-0.05, 0) is 24.1 Å². The van der Waals surface area contributed by atoms with Gasteiger partial charge in [-0.1, -0.05) is 47.6 Å². The molecule has 0 aliphatic heterocycles. The van der Waals surface area contributed by atoms with E-state index in [0.717, 1.165) is 22.8 Å². The third-order valence-electron chi connectivity index (χ3n) is 4.06. The maximum absolute atomic E-state index is 11.9. The Morgan fingerprint density at radius 1 is 1.19 bits per heavy atom. The minimum atomic E-state index is -0.0218. The van der Waals surface area contributed by atoms with Gasteiger partial charge in [-0.25, -0.2) is 0 Å². The van der Waals surface area contributed by atoms with Crippen molar-refractivity contribution >= 4 is 16.7 Å². The smallest absolute Gasteiger partial charge is 0.227 e. The zero-order valence-corrected chi connectivity index (χ0v) is 14.9. The van der Waals surface area contributed by atoms with Crippen LogP contribution in [-0.4, -0.2) is 35.8 Å². The highest BCUT2D eigenvalue weighted by Gasteiger charge is 2.12. The van der Waals surface area contributed by atoms with Crippen molar-refractivity contribution in [1.82, 2.24) is 15.5 Å². The van der Waals surface area contributed by atoms with Crippen LogP contribution in [0.15, 0.2) is 47.0 Å². The highest BCUT2D eigenvalue weighted by molar-refractivity contribution is 5.94. The minimum Gasteiger partial charge on any atom is -0.382 e. The van der Waals surface area contributed by atoms with Crippen LogP contribution in [0.5, 0.6) is 0 Å². The molecule has 0 radical (unpaired) electrons. The standard InChI is InChI=1S/C20H23N3O3/c1-2-25-14-6-13-21-18(24)11-12-19-22-20(23-26-19)17-10-5-8-15-7-3-4-9-16(15)17/h3-5,7-10H,2,6,11-14H2,1H3,(H,21,24). The molecule has 136 valence electrons. The zero-order chi connectivity index (χ0) is 18.2. The largest absolute Gasteiger partial charge is 0.382 e. The number of nitrogens with one attached hydrogen (secondary N) is 1. The number of hydrogen-bond acceptors (Lipinski definition) is 5. The molecule has 1 amide bonds. The van der Waals surface area contributed by atoms with E-state index in [1.807, 2.05) is 37.3 Å². The van der Waals surface area contributed by atoms with Crippen molar-refractivity contribution in [2.45, 2.75) is 26.2 Å². The van der Waals surface area contributed by atoms with E-state index >= 15 is 0 Å². The molecule has 0 bridgehead atoms. The molecule has 0 atom stereocenters. The molecular formula is C20H23N3O3. The van der Waals surface area contributed by atoms with Crippen molar-refractivity contribution in [2.75, 3.05) is 19.8 Å². The fraction of sp³-hybridized carbons (Fsp3) is 0.350. The number of rotatable bonds is 9. The van der Waals surface area contributed by atoms with Gasteiger partial charge in [0.1, 0.15) is 0 Å². The molecule has 0 unspecified atom stereocenters. The first kappa shape index (κ1) is 18.1. The molecule has 0 saturated heterocycles. The van der Waals surface area contributed by atoms with Gasteiger partial charge >= 0.3 is 0 Å². The molecule has 0 saturated carbocycles. The molecule has 3 rings (SSSR count). The fourth-order valence-corrected chi connectivity index (χ4v) is 2.74. The molecule has 1 aromatic heterocycles.